The zero-order valence-electron chi connectivity index (χ0n) is 37.2. The van der Waals surface area contributed by atoms with Crippen molar-refractivity contribution in [3.8, 4) is 23.0 Å². The number of anilines is 1. The number of pyridine rings is 1. The van der Waals surface area contributed by atoms with E-state index in [0.29, 0.717) is 6.67 Å². The maximum atomic E-state index is 6.92. The highest BCUT2D eigenvalue weighted by molar-refractivity contribution is 6.29. The van der Waals surface area contributed by atoms with Gasteiger partial charge in [-0.1, -0.05) is 124 Å². The number of nitrogens with zero attached hydrogens (tertiary/aromatic N) is 5. The standard InChI is InChI=1S/C58H51N5O/c1-57(2,3)41-33-34-59-52(35-41)63-50-32-31-49-53(46-27-16-17-28-48(46)62(49)42-23-14-9-15-24-42)54(50)47-30-29-45(37-51(47)63)64-44-26-18-25-43(36-44)60-38-61(58(4,5)6)56(40-21-12-8-13-22-40)55(60)39-19-10-7-11-20-39/h7-37H,38H2,1-6H3. The Kier molecular flexibility index (Phi) is 9.24. The summed E-state index contributed by atoms with van der Waals surface area (Å²) in [6.45, 7) is 14.3. The molecular weight excluding hydrogens is 783 g/mol. The zero-order chi connectivity index (χ0) is 43.7. The lowest BCUT2D eigenvalue weighted by atomic mass is 9.88. The van der Waals surface area contributed by atoms with Crippen LogP contribution in [-0.2, 0) is 5.41 Å². The highest BCUT2D eigenvalue weighted by atomic mass is 16.5. The quantitative estimate of drug-likeness (QED) is 0.160. The molecule has 0 fully saturated rings. The molecule has 7 aromatic carbocycles. The van der Waals surface area contributed by atoms with Crippen molar-refractivity contribution in [1.29, 1.82) is 0 Å². The first-order valence-corrected chi connectivity index (χ1v) is 22.2. The second kappa shape index (κ2) is 15.1. The lowest BCUT2D eigenvalue weighted by Crippen LogP contribution is -2.41. The first-order valence-electron chi connectivity index (χ1n) is 22.2. The molecule has 0 N–H and O–H groups in total. The summed E-state index contributed by atoms with van der Waals surface area (Å²) in [6, 6.07) is 64.9. The lowest BCUT2D eigenvalue weighted by molar-refractivity contribution is 0.237. The Morgan fingerprint density at radius 2 is 1.06 bits per heavy atom. The molecule has 0 spiro atoms. The van der Waals surface area contributed by atoms with E-state index in [1.807, 2.05) is 6.20 Å². The van der Waals surface area contributed by atoms with Crippen LogP contribution in [0.4, 0.5) is 5.69 Å². The molecule has 0 bridgehead atoms. The Labute approximate surface area is 374 Å². The van der Waals surface area contributed by atoms with Crippen molar-refractivity contribution in [2.24, 2.45) is 0 Å². The molecular formula is C58H51N5O. The van der Waals surface area contributed by atoms with Gasteiger partial charge in [0.25, 0.3) is 0 Å². The van der Waals surface area contributed by atoms with E-state index in [0.717, 1.165) is 45.1 Å². The van der Waals surface area contributed by atoms with Gasteiger partial charge in [-0.3, -0.25) is 4.57 Å². The fourth-order valence-electron chi connectivity index (χ4n) is 9.64. The van der Waals surface area contributed by atoms with Crippen molar-refractivity contribution in [1.82, 2.24) is 19.0 Å². The first kappa shape index (κ1) is 39.3. The largest absolute Gasteiger partial charge is 0.457 e. The second-order valence-corrected chi connectivity index (χ2v) is 18.9. The van der Waals surface area contributed by atoms with E-state index >= 15 is 0 Å². The molecule has 11 rings (SSSR count). The summed E-state index contributed by atoms with van der Waals surface area (Å²) in [7, 11) is 0. The van der Waals surface area contributed by atoms with E-state index in [1.165, 1.54) is 55.3 Å². The van der Waals surface area contributed by atoms with Crippen LogP contribution in [0, 0.1) is 0 Å². The topological polar surface area (TPSA) is 38.5 Å². The maximum absolute atomic E-state index is 6.92. The average Bonchev–Trinajstić information content (AvgIpc) is 3.98. The van der Waals surface area contributed by atoms with Crippen molar-refractivity contribution in [2.45, 2.75) is 52.5 Å². The second-order valence-electron chi connectivity index (χ2n) is 18.9. The molecule has 6 heteroatoms. The maximum Gasteiger partial charge on any atom is 0.137 e. The molecule has 0 atom stereocenters. The van der Waals surface area contributed by atoms with Gasteiger partial charge in [0.1, 0.15) is 17.3 Å². The number of aromatic nitrogens is 3. The Morgan fingerprint density at radius 1 is 0.469 bits per heavy atom. The fraction of sp³-hybridized carbons (Fsp3) is 0.155. The van der Waals surface area contributed by atoms with E-state index < -0.39 is 0 Å². The Balaban J connectivity index is 1.08. The van der Waals surface area contributed by atoms with Gasteiger partial charge in [0, 0.05) is 67.9 Å². The van der Waals surface area contributed by atoms with Crippen LogP contribution >= 0.6 is 0 Å². The summed E-state index contributed by atoms with van der Waals surface area (Å²) in [5.74, 6) is 2.40. The Morgan fingerprint density at radius 3 is 1.75 bits per heavy atom. The van der Waals surface area contributed by atoms with Gasteiger partial charge in [-0.05, 0) is 98.5 Å². The molecule has 10 aromatic rings. The monoisotopic (exact) mass is 833 g/mol. The van der Waals surface area contributed by atoms with Gasteiger partial charge < -0.3 is 19.1 Å². The fourth-order valence-corrected chi connectivity index (χ4v) is 9.64. The van der Waals surface area contributed by atoms with E-state index in [2.05, 4.69) is 242 Å². The highest BCUT2D eigenvalue weighted by Gasteiger charge is 2.37. The van der Waals surface area contributed by atoms with Crippen LogP contribution in [0.15, 0.2) is 188 Å². The smallest absolute Gasteiger partial charge is 0.137 e. The molecule has 64 heavy (non-hydrogen) atoms. The molecule has 0 radical (unpaired) electrons. The minimum Gasteiger partial charge on any atom is -0.457 e. The number of para-hydroxylation sites is 2. The van der Waals surface area contributed by atoms with Crippen LogP contribution < -0.4 is 9.64 Å². The molecule has 1 aliphatic rings. The van der Waals surface area contributed by atoms with Crippen LogP contribution in [0.3, 0.4) is 0 Å². The lowest BCUT2D eigenvalue weighted by Gasteiger charge is -2.36. The van der Waals surface area contributed by atoms with Crippen LogP contribution in [0.5, 0.6) is 11.5 Å². The van der Waals surface area contributed by atoms with Crippen molar-refractivity contribution in [2.75, 3.05) is 11.6 Å². The number of ether oxygens (including phenoxy) is 1. The molecule has 3 aromatic heterocycles. The van der Waals surface area contributed by atoms with Gasteiger partial charge in [-0.15, -0.1) is 0 Å². The number of benzene rings is 7. The molecule has 0 saturated carbocycles. The van der Waals surface area contributed by atoms with Crippen LogP contribution in [-0.4, -0.2) is 31.2 Å². The average molecular weight is 834 g/mol. The van der Waals surface area contributed by atoms with E-state index in [1.54, 1.807) is 0 Å². The van der Waals surface area contributed by atoms with Crippen LogP contribution in [0.25, 0.3) is 66.5 Å². The molecule has 0 aliphatic carbocycles. The third-order valence-electron chi connectivity index (χ3n) is 12.7. The molecule has 314 valence electrons. The zero-order valence-corrected chi connectivity index (χ0v) is 37.2. The van der Waals surface area contributed by atoms with E-state index in [9.17, 15) is 0 Å². The molecule has 6 nitrogen and oxygen atoms in total. The minimum absolute atomic E-state index is 0.0528. The SMILES string of the molecule is CC(C)(C)c1ccnc(-n2c3cc(Oc4cccc(N5CN(C(C)(C)C)C(c6ccccc6)=C5c5ccccc5)c4)ccc3c3c4c5ccccc5n(-c5ccccc5)c4ccc32)c1. The van der Waals surface area contributed by atoms with Gasteiger partial charge in [0.05, 0.1) is 40.1 Å². The number of fused-ring (bicyclic) bond motifs is 7. The predicted molar refractivity (Wildman–Crippen MR) is 267 cm³/mol. The highest BCUT2D eigenvalue weighted by Crippen LogP contribution is 2.46. The first-order chi connectivity index (χ1) is 31.0. The van der Waals surface area contributed by atoms with Gasteiger partial charge >= 0.3 is 0 Å². The van der Waals surface area contributed by atoms with Gasteiger partial charge in [-0.2, -0.15) is 0 Å². The van der Waals surface area contributed by atoms with Crippen molar-refractivity contribution in [3.63, 3.8) is 0 Å². The third-order valence-corrected chi connectivity index (χ3v) is 12.7. The summed E-state index contributed by atoms with van der Waals surface area (Å²) in [4.78, 5) is 9.99. The van der Waals surface area contributed by atoms with Crippen LogP contribution in [0.1, 0.15) is 58.2 Å². The van der Waals surface area contributed by atoms with Gasteiger partial charge in [0.15, 0.2) is 0 Å². The normalized spacial score (nSPS) is 13.6. The molecule has 0 saturated heterocycles. The third kappa shape index (κ3) is 6.60. The van der Waals surface area contributed by atoms with Crippen molar-refractivity contribution in [3.05, 3.63) is 205 Å². The molecule has 0 unspecified atom stereocenters. The summed E-state index contributed by atoms with van der Waals surface area (Å²) < 4.78 is 11.6. The minimum atomic E-state index is -0.134. The van der Waals surface area contributed by atoms with Gasteiger partial charge in [-0.25, -0.2) is 4.98 Å². The molecule has 0 amide bonds. The summed E-state index contributed by atoms with van der Waals surface area (Å²) >= 11 is 0. The van der Waals surface area contributed by atoms with E-state index in [4.69, 9.17) is 9.72 Å². The van der Waals surface area contributed by atoms with Crippen molar-refractivity contribution < 1.29 is 4.74 Å². The van der Waals surface area contributed by atoms with E-state index in [-0.39, 0.29) is 11.0 Å². The summed E-state index contributed by atoms with van der Waals surface area (Å²) in [6.07, 6.45) is 1.94. The Hall–Kier alpha value is -7.57. The van der Waals surface area contributed by atoms with Crippen molar-refractivity contribution >= 4 is 60.7 Å². The van der Waals surface area contributed by atoms with Gasteiger partial charge in [0.2, 0.25) is 0 Å². The molecule has 1 aliphatic heterocycles. The number of hydrogen-bond donors (Lipinski definition) is 0. The van der Waals surface area contributed by atoms with Crippen LogP contribution in [0.2, 0.25) is 0 Å². The number of hydrogen-bond acceptors (Lipinski definition) is 4. The summed E-state index contributed by atoms with van der Waals surface area (Å²) in [5.41, 5.74) is 12.5. The predicted octanol–water partition coefficient (Wildman–Crippen LogP) is 14.8. The molecule has 4 heterocycles. The Bertz CT molecular complexity index is 3400. The summed E-state index contributed by atoms with van der Waals surface area (Å²) in [5, 5.41) is 4.78. The number of rotatable bonds is 7.